The molecule has 0 bridgehead atoms. The number of rotatable bonds is 9. The molecular formula is C27H30N4O8S. The molecule has 0 amide bonds. The molecule has 0 atom stereocenters. The normalized spacial score (nSPS) is 12.9. The number of anilines is 2. The van der Waals surface area contributed by atoms with E-state index in [0.717, 1.165) is 20.8 Å². The highest BCUT2D eigenvalue weighted by Crippen LogP contribution is 2.34. The number of carbonyl (C=O) groups excluding carboxylic acids is 2. The molecule has 0 spiro atoms. The number of fused-ring (bicyclic) bond motifs is 1. The molecule has 1 aliphatic heterocycles. The monoisotopic (exact) mass is 570 g/mol. The SMILES string of the molecule is COc1ccc(S(=O)(=O)N2CCc3ccccc32)cc1C(=O)OCC(=O)c1c(N)n(CC(C)C)c(=O)n(C)c1=O. The third kappa shape index (κ3) is 5.11. The van der Waals surface area contributed by atoms with Crippen LogP contribution in [0.25, 0.3) is 0 Å². The number of nitrogens with two attached hydrogens (primary N) is 1. The summed E-state index contributed by atoms with van der Waals surface area (Å²) < 4.78 is 40.5. The second kappa shape index (κ2) is 11.0. The van der Waals surface area contributed by atoms with E-state index in [9.17, 15) is 27.6 Å². The molecule has 1 aromatic heterocycles. The predicted molar refractivity (Wildman–Crippen MR) is 147 cm³/mol. The molecule has 0 aliphatic carbocycles. The number of ether oxygens (including phenoxy) is 2. The van der Waals surface area contributed by atoms with Gasteiger partial charge < -0.3 is 15.2 Å². The van der Waals surface area contributed by atoms with Gasteiger partial charge >= 0.3 is 11.7 Å². The second-order valence-electron chi connectivity index (χ2n) is 9.73. The molecule has 0 fully saturated rings. The first-order valence-electron chi connectivity index (χ1n) is 12.5. The largest absolute Gasteiger partial charge is 0.496 e. The van der Waals surface area contributed by atoms with E-state index in [1.165, 1.54) is 30.6 Å². The Morgan fingerprint density at radius 3 is 2.48 bits per heavy atom. The van der Waals surface area contributed by atoms with Gasteiger partial charge in [0.25, 0.3) is 15.6 Å². The van der Waals surface area contributed by atoms with Crippen LogP contribution in [0.2, 0.25) is 0 Å². The Morgan fingerprint density at radius 1 is 1.10 bits per heavy atom. The molecule has 0 radical (unpaired) electrons. The van der Waals surface area contributed by atoms with Crippen molar-refractivity contribution in [3.8, 4) is 5.75 Å². The Labute approximate surface area is 230 Å². The van der Waals surface area contributed by atoms with E-state index in [4.69, 9.17) is 15.2 Å². The van der Waals surface area contributed by atoms with E-state index >= 15 is 0 Å². The van der Waals surface area contributed by atoms with Crippen molar-refractivity contribution in [1.82, 2.24) is 9.13 Å². The average Bonchev–Trinajstić information content (AvgIpc) is 3.37. The zero-order valence-corrected chi connectivity index (χ0v) is 23.4. The lowest BCUT2D eigenvalue weighted by molar-refractivity contribution is 0.0470. The Kier molecular flexibility index (Phi) is 7.87. The number of ketones is 1. The molecule has 0 saturated carbocycles. The highest BCUT2D eigenvalue weighted by atomic mass is 32.2. The van der Waals surface area contributed by atoms with E-state index in [1.54, 1.807) is 12.1 Å². The summed E-state index contributed by atoms with van der Waals surface area (Å²) in [6.07, 6.45) is 0.551. The van der Waals surface area contributed by atoms with Gasteiger partial charge in [-0.05, 0) is 42.2 Å². The first-order chi connectivity index (χ1) is 18.9. The lowest BCUT2D eigenvalue weighted by Crippen LogP contribution is -2.43. The van der Waals surface area contributed by atoms with E-state index in [-0.39, 0.29) is 41.0 Å². The maximum atomic E-state index is 13.5. The molecule has 13 heteroatoms. The van der Waals surface area contributed by atoms with Gasteiger partial charge in [-0.3, -0.25) is 23.0 Å². The van der Waals surface area contributed by atoms with Crippen LogP contribution in [0.4, 0.5) is 11.5 Å². The molecule has 2 N–H and O–H groups in total. The third-order valence-electron chi connectivity index (χ3n) is 6.57. The van der Waals surface area contributed by atoms with Crippen molar-refractivity contribution < 1.29 is 27.5 Å². The van der Waals surface area contributed by atoms with Crippen molar-refractivity contribution >= 4 is 33.3 Å². The number of sulfonamides is 1. The fourth-order valence-electron chi connectivity index (χ4n) is 4.56. The topological polar surface area (TPSA) is 160 Å². The molecule has 2 heterocycles. The van der Waals surface area contributed by atoms with Crippen LogP contribution in [0.15, 0.2) is 56.9 Å². The maximum absolute atomic E-state index is 13.5. The number of benzene rings is 2. The molecule has 0 unspecified atom stereocenters. The molecule has 12 nitrogen and oxygen atoms in total. The minimum absolute atomic E-state index is 0.0108. The van der Waals surface area contributed by atoms with Crippen LogP contribution in [0.3, 0.4) is 0 Å². The van der Waals surface area contributed by atoms with Crippen molar-refractivity contribution in [2.75, 3.05) is 30.3 Å². The summed E-state index contributed by atoms with van der Waals surface area (Å²) in [5.41, 5.74) is 5.18. The molecular weight excluding hydrogens is 540 g/mol. The summed E-state index contributed by atoms with van der Waals surface area (Å²) in [5.74, 6) is -2.27. The van der Waals surface area contributed by atoms with Gasteiger partial charge in [-0.2, -0.15) is 0 Å². The number of methoxy groups -OCH3 is 1. The molecule has 0 saturated heterocycles. The van der Waals surface area contributed by atoms with Crippen LogP contribution in [0, 0.1) is 5.92 Å². The van der Waals surface area contributed by atoms with E-state index in [2.05, 4.69) is 0 Å². The fraction of sp³-hybridized carbons (Fsp3) is 0.333. The first kappa shape index (κ1) is 28.6. The number of carbonyl (C=O) groups is 2. The number of para-hydroxylation sites is 1. The second-order valence-corrected chi connectivity index (χ2v) is 11.6. The number of nitrogen functional groups attached to an aromatic ring is 1. The standard InChI is InChI=1S/C27H30N4O8S/c1-16(2)14-30-24(28)23(25(33)29(3)27(30)35)21(32)15-39-26(34)19-13-18(9-10-22(19)38-4)40(36,37)31-12-11-17-7-5-6-8-20(17)31/h5-10,13,16H,11-12,14-15,28H2,1-4H3. The average molecular weight is 571 g/mol. The zero-order valence-electron chi connectivity index (χ0n) is 22.5. The quantitative estimate of drug-likeness (QED) is 0.298. The van der Waals surface area contributed by atoms with Gasteiger partial charge in [0, 0.05) is 20.1 Å². The van der Waals surface area contributed by atoms with Crippen LogP contribution >= 0.6 is 0 Å². The van der Waals surface area contributed by atoms with E-state index < -0.39 is 45.2 Å². The lowest BCUT2D eigenvalue weighted by Gasteiger charge is -2.20. The number of Topliss-reactive ketones (excluding diaryl/α,β-unsaturated/α-hetero) is 1. The molecule has 1 aliphatic rings. The number of aromatic nitrogens is 2. The van der Waals surface area contributed by atoms with Gasteiger partial charge in [-0.15, -0.1) is 0 Å². The Bertz CT molecular complexity index is 1720. The molecule has 2 aromatic carbocycles. The van der Waals surface area contributed by atoms with Gasteiger partial charge in [-0.1, -0.05) is 32.0 Å². The minimum atomic E-state index is -4.03. The van der Waals surface area contributed by atoms with Gasteiger partial charge in [0.05, 0.1) is 17.7 Å². The molecule has 212 valence electrons. The Balaban J connectivity index is 1.61. The summed E-state index contributed by atoms with van der Waals surface area (Å²) in [5, 5.41) is 0. The number of esters is 1. The van der Waals surface area contributed by atoms with E-state index in [0.29, 0.717) is 12.1 Å². The molecule has 4 rings (SSSR count). The van der Waals surface area contributed by atoms with Crippen LogP contribution in [0.1, 0.15) is 40.1 Å². The highest BCUT2D eigenvalue weighted by Gasteiger charge is 2.32. The summed E-state index contributed by atoms with van der Waals surface area (Å²) in [4.78, 5) is 51.0. The molecule has 40 heavy (non-hydrogen) atoms. The number of nitrogens with zero attached hydrogens (tertiary/aromatic N) is 3. The van der Waals surface area contributed by atoms with Crippen molar-refractivity contribution in [1.29, 1.82) is 0 Å². The predicted octanol–water partition coefficient (Wildman–Crippen LogP) is 1.58. The number of hydrogen-bond acceptors (Lipinski definition) is 9. The van der Waals surface area contributed by atoms with Gasteiger partial charge in [0.2, 0.25) is 5.78 Å². The summed E-state index contributed by atoms with van der Waals surface area (Å²) >= 11 is 0. The van der Waals surface area contributed by atoms with Crippen molar-refractivity contribution in [2.45, 2.75) is 31.7 Å². The van der Waals surface area contributed by atoms with Crippen LogP contribution in [0.5, 0.6) is 5.75 Å². The van der Waals surface area contributed by atoms with Crippen LogP contribution < -0.4 is 26.0 Å². The zero-order chi connectivity index (χ0) is 29.4. The van der Waals surface area contributed by atoms with Crippen molar-refractivity contribution in [3.05, 3.63) is 80.0 Å². The van der Waals surface area contributed by atoms with Crippen molar-refractivity contribution in [3.63, 3.8) is 0 Å². The third-order valence-corrected chi connectivity index (χ3v) is 8.38. The Morgan fingerprint density at radius 2 is 1.80 bits per heavy atom. The fourth-order valence-corrected chi connectivity index (χ4v) is 6.09. The van der Waals surface area contributed by atoms with Crippen molar-refractivity contribution in [2.24, 2.45) is 13.0 Å². The Hall–Kier alpha value is -4.39. The van der Waals surface area contributed by atoms with Gasteiger partial charge in [0.1, 0.15) is 22.7 Å². The summed E-state index contributed by atoms with van der Waals surface area (Å²) in [6.45, 7) is 3.21. The minimum Gasteiger partial charge on any atom is -0.496 e. The maximum Gasteiger partial charge on any atom is 0.342 e. The number of hydrogen-bond donors (Lipinski definition) is 1. The smallest absolute Gasteiger partial charge is 0.342 e. The van der Waals surface area contributed by atoms with Crippen LogP contribution in [-0.2, 0) is 34.8 Å². The highest BCUT2D eigenvalue weighted by molar-refractivity contribution is 7.92. The molecule has 3 aromatic rings. The lowest BCUT2D eigenvalue weighted by atomic mass is 10.1. The van der Waals surface area contributed by atoms with Gasteiger partial charge in [0.15, 0.2) is 6.61 Å². The first-order valence-corrected chi connectivity index (χ1v) is 13.9. The van der Waals surface area contributed by atoms with Gasteiger partial charge in [-0.25, -0.2) is 18.0 Å². The van der Waals surface area contributed by atoms with E-state index in [1.807, 2.05) is 26.0 Å². The van der Waals surface area contributed by atoms with Crippen LogP contribution in [-0.4, -0.2) is 49.6 Å². The summed E-state index contributed by atoms with van der Waals surface area (Å²) in [7, 11) is -1.51. The summed E-state index contributed by atoms with van der Waals surface area (Å²) in [6, 6.07) is 10.9.